The standard InChI is InChI=1S/2C3H8O/c2*1-3(2)4/h2*3-4H,1-2H3. The van der Waals surface area contributed by atoms with Crippen LogP contribution in [0.2, 0.25) is 0 Å². The Morgan fingerprint density at radius 1 is 0.750 bits per heavy atom. The molecule has 2 N–H and O–H groups in total. The van der Waals surface area contributed by atoms with E-state index in [0.717, 1.165) is 0 Å². The lowest BCUT2D eigenvalue weighted by Gasteiger charge is -1.80. The van der Waals surface area contributed by atoms with Crippen LogP contribution >= 0.6 is 0 Å². The molecule has 0 saturated heterocycles. The van der Waals surface area contributed by atoms with Gasteiger partial charge < -0.3 is 10.2 Å². The first-order chi connectivity index (χ1) is 3.46. The second-order valence-corrected chi connectivity index (χ2v) is 2.19. The van der Waals surface area contributed by atoms with E-state index in [-0.39, 0.29) is 12.2 Å². The van der Waals surface area contributed by atoms with Gasteiger partial charge in [0, 0.05) is 12.2 Å². The van der Waals surface area contributed by atoms with E-state index in [9.17, 15) is 0 Å². The molecule has 0 heterocycles. The van der Waals surface area contributed by atoms with Crippen LogP contribution in [0.25, 0.3) is 0 Å². The van der Waals surface area contributed by atoms with E-state index in [1.54, 1.807) is 27.7 Å². The molecule has 52 valence electrons. The number of hydrogen-bond acceptors (Lipinski definition) is 2. The molecular weight excluding hydrogens is 104 g/mol. The van der Waals surface area contributed by atoms with Crippen LogP contribution in [-0.2, 0) is 0 Å². The zero-order chi connectivity index (χ0) is 7.15. The fourth-order valence-electron chi connectivity index (χ4n) is 0. The highest BCUT2D eigenvalue weighted by atomic mass is 16.3. The minimum Gasteiger partial charge on any atom is -0.394 e. The Morgan fingerprint density at radius 2 is 0.750 bits per heavy atom. The van der Waals surface area contributed by atoms with Crippen molar-refractivity contribution in [2.45, 2.75) is 39.9 Å². The highest BCUT2D eigenvalue weighted by Gasteiger charge is 1.69. The van der Waals surface area contributed by atoms with Gasteiger partial charge in [0.15, 0.2) is 0 Å². The average molecular weight is 120 g/mol. The van der Waals surface area contributed by atoms with Gasteiger partial charge in [-0.15, -0.1) is 0 Å². The molecule has 0 aliphatic rings. The molecule has 0 unspecified atom stereocenters. The predicted octanol–water partition coefficient (Wildman–Crippen LogP) is 0.774. The van der Waals surface area contributed by atoms with Crippen LogP contribution in [0.15, 0.2) is 0 Å². The first kappa shape index (κ1) is 10.8. The molecule has 0 aromatic rings. The maximum Gasteiger partial charge on any atom is 0.0483 e. The Labute approximate surface area is 51.2 Å². The minimum atomic E-state index is -0.167. The van der Waals surface area contributed by atoms with Crippen molar-refractivity contribution in [3.8, 4) is 0 Å². The van der Waals surface area contributed by atoms with Gasteiger partial charge in [-0.2, -0.15) is 0 Å². The average Bonchev–Trinajstić information content (AvgIpc) is 1.25. The monoisotopic (exact) mass is 120 g/mol. The summed E-state index contributed by atoms with van der Waals surface area (Å²) in [5.41, 5.74) is 0. The second-order valence-electron chi connectivity index (χ2n) is 2.19. The molecule has 0 amide bonds. The van der Waals surface area contributed by atoms with Crippen molar-refractivity contribution in [2.75, 3.05) is 0 Å². The Balaban J connectivity index is 0. The van der Waals surface area contributed by atoms with Gasteiger partial charge in [0.05, 0.1) is 0 Å². The molecule has 2 heteroatoms. The molecule has 0 aliphatic heterocycles. The third-order valence-corrected chi connectivity index (χ3v) is 0. The molecule has 0 atom stereocenters. The Hall–Kier alpha value is -0.0800. The van der Waals surface area contributed by atoms with Gasteiger partial charge in [0.25, 0.3) is 0 Å². The van der Waals surface area contributed by atoms with E-state index in [4.69, 9.17) is 10.2 Å². The van der Waals surface area contributed by atoms with Crippen molar-refractivity contribution in [1.29, 1.82) is 0 Å². The summed E-state index contributed by atoms with van der Waals surface area (Å²) >= 11 is 0. The summed E-state index contributed by atoms with van der Waals surface area (Å²) in [7, 11) is 0. The molecule has 0 aromatic heterocycles. The largest absolute Gasteiger partial charge is 0.394 e. The molecule has 0 fully saturated rings. The summed E-state index contributed by atoms with van der Waals surface area (Å²) in [6.07, 6.45) is -0.333. The maximum atomic E-state index is 8.06. The molecule has 8 heavy (non-hydrogen) atoms. The normalized spacial score (nSPS) is 9.00. The lowest BCUT2D eigenvalue weighted by atomic mass is 10.5. The van der Waals surface area contributed by atoms with Crippen LogP contribution < -0.4 is 0 Å². The zero-order valence-corrected chi connectivity index (χ0v) is 6.05. The van der Waals surface area contributed by atoms with Crippen molar-refractivity contribution < 1.29 is 10.2 Å². The summed E-state index contributed by atoms with van der Waals surface area (Å²) in [5, 5.41) is 16.1. The van der Waals surface area contributed by atoms with Crippen molar-refractivity contribution in [1.82, 2.24) is 0 Å². The van der Waals surface area contributed by atoms with E-state index in [1.165, 1.54) is 0 Å². The predicted molar refractivity (Wildman–Crippen MR) is 34.7 cm³/mol. The highest BCUT2D eigenvalue weighted by Crippen LogP contribution is 1.65. The topological polar surface area (TPSA) is 40.5 Å². The highest BCUT2D eigenvalue weighted by molar-refractivity contribution is 4.21. The van der Waals surface area contributed by atoms with Crippen molar-refractivity contribution in [2.24, 2.45) is 0 Å². The van der Waals surface area contributed by atoms with Crippen LogP contribution in [0.4, 0.5) is 0 Å². The van der Waals surface area contributed by atoms with E-state index < -0.39 is 0 Å². The number of rotatable bonds is 0. The molecule has 0 saturated carbocycles. The van der Waals surface area contributed by atoms with Gasteiger partial charge in [-0.05, 0) is 27.7 Å². The molecule has 2 nitrogen and oxygen atoms in total. The van der Waals surface area contributed by atoms with Crippen molar-refractivity contribution in [3.05, 3.63) is 0 Å². The summed E-state index contributed by atoms with van der Waals surface area (Å²) in [5.74, 6) is 0. The third-order valence-electron chi connectivity index (χ3n) is 0. The molecule has 0 radical (unpaired) electrons. The zero-order valence-electron chi connectivity index (χ0n) is 6.05. The van der Waals surface area contributed by atoms with Crippen LogP contribution in [-0.4, -0.2) is 22.4 Å². The summed E-state index contributed by atoms with van der Waals surface area (Å²) in [6, 6.07) is 0. The van der Waals surface area contributed by atoms with E-state index >= 15 is 0 Å². The Morgan fingerprint density at radius 3 is 0.750 bits per heavy atom. The first-order valence-electron chi connectivity index (χ1n) is 2.83. The number of aliphatic hydroxyl groups is 2. The van der Waals surface area contributed by atoms with Crippen molar-refractivity contribution >= 4 is 0 Å². The quantitative estimate of drug-likeness (QED) is 0.496. The summed E-state index contributed by atoms with van der Waals surface area (Å²) in [6.45, 7) is 6.89. The fourth-order valence-corrected chi connectivity index (χ4v) is 0. The lowest BCUT2D eigenvalue weighted by molar-refractivity contribution is 0.215. The van der Waals surface area contributed by atoms with Gasteiger partial charge in [-0.3, -0.25) is 0 Å². The van der Waals surface area contributed by atoms with Gasteiger partial charge in [-0.25, -0.2) is 0 Å². The van der Waals surface area contributed by atoms with E-state index in [1.807, 2.05) is 0 Å². The van der Waals surface area contributed by atoms with Crippen LogP contribution in [0.3, 0.4) is 0 Å². The molecule has 0 rings (SSSR count). The third kappa shape index (κ3) is 22400. The fraction of sp³-hybridized carbons (Fsp3) is 1.00. The van der Waals surface area contributed by atoms with Crippen LogP contribution in [0, 0.1) is 0 Å². The van der Waals surface area contributed by atoms with Crippen molar-refractivity contribution in [3.63, 3.8) is 0 Å². The van der Waals surface area contributed by atoms with Gasteiger partial charge in [0.1, 0.15) is 0 Å². The number of aliphatic hydroxyl groups excluding tert-OH is 2. The summed E-state index contributed by atoms with van der Waals surface area (Å²) < 4.78 is 0. The summed E-state index contributed by atoms with van der Waals surface area (Å²) in [4.78, 5) is 0. The molecule has 0 aromatic carbocycles. The Bertz CT molecular complexity index is 22.0. The van der Waals surface area contributed by atoms with Crippen LogP contribution in [0.1, 0.15) is 27.7 Å². The van der Waals surface area contributed by atoms with E-state index in [2.05, 4.69) is 0 Å². The minimum absolute atomic E-state index is 0.167. The van der Waals surface area contributed by atoms with Gasteiger partial charge >= 0.3 is 0 Å². The second kappa shape index (κ2) is 6.92. The molecular formula is C6H16O2. The van der Waals surface area contributed by atoms with Crippen LogP contribution in [0.5, 0.6) is 0 Å². The SMILES string of the molecule is CC(C)O.CC(C)O. The smallest absolute Gasteiger partial charge is 0.0483 e. The van der Waals surface area contributed by atoms with E-state index in [0.29, 0.717) is 0 Å². The molecule has 0 bridgehead atoms. The molecule has 0 aliphatic carbocycles. The number of hydrogen-bond donors (Lipinski definition) is 2. The molecule has 0 spiro atoms. The first-order valence-corrected chi connectivity index (χ1v) is 2.83. The van der Waals surface area contributed by atoms with Gasteiger partial charge in [-0.1, -0.05) is 0 Å². The Kier molecular flexibility index (Phi) is 9.36. The van der Waals surface area contributed by atoms with Gasteiger partial charge in [0.2, 0.25) is 0 Å². The maximum absolute atomic E-state index is 8.06. The lowest BCUT2D eigenvalue weighted by Crippen LogP contribution is -1.85.